The number of rotatable bonds is 7. The molecule has 32 heavy (non-hydrogen) atoms. The first kappa shape index (κ1) is 26.4. The maximum atomic E-state index is 13.5. The monoisotopic (exact) mass is 470 g/mol. The molecule has 1 aromatic heterocycles. The molecule has 0 spiro atoms. The third-order valence-corrected chi connectivity index (χ3v) is 6.29. The highest BCUT2D eigenvalue weighted by atomic mass is 32.2. The number of imidazole rings is 1. The van der Waals surface area contributed by atoms with E-state index in [1.807, 2.05) is 6.92 Å². The van der Waals surface area contributed by atoms with E-state index in [4.69, 9.17) is 4.74 Å². The quantitative estimate of drug-likeness (QED) is 0.296. The number of alkyl halides is 3. The minimum atomic E-state index is -4.50. The van der Waals surface area contributed by atoms with Crippen molar-refractivity contribution in [1.82, 2.24) is 19.0 Å². The molecule has 1 saturated heterocycles. The van der Waals surface area contributed by atoms with E-state index >= 15 is 0 Å². The minimum absolute atomic E-state index is 0.00826. The van der Waals surface area contributed by atoms with E-state index in [0.29, 0.717) is 17.4 Å². The zero-order valence-corrected chi connectivity index (χ0v) is 19.4. The van der Waals surface area contributed by atoms with Crippen LogP contribution in [0.1, 0.15) is 55.7 Å². The van der Waals surface area contributed by atoms with Gasteiger partial charge in [-0.15, -0.1) is 6.58 Å². The van der Waals surface area contributed by atoms with Crippen LogP contribution in [-0.2, 0) is 10.9 Å². The summed E-state index contributed by atoms with van der Waals surface area (Å²) in [6.07, 6.45) is 4.94. The number of hydrogen-bond donors (Lipinski definition) is 2. The molecule has 0 amide bonds. The fourth-order valence-corrected chi connectivity index (χ4v) is 4.51. The fourth-order valence-electron chi connectivity index (χ4n) is 3.64. The van der Waals surface area contributed by atoms with Gasteiger partial charge in [-0.3, -0.25) is 0 Å². The van der Waals surface area contributed by atoms with Crippen molar-refractivity contribution >= 4 is 17.7 Å². The van der Waals surface area contributed by atoms with Crippen molar-refractivity contribution in [3.8, 4) is 0 Å². The Hall–Kier alpha value is -1.81. The van der Waals surface area contributed by atoms with Crippen molar-refractivity contribution in [2.45, 2.75) is 50.7 Å². The molecule has 2 aliphatic rings. The van der Waals surface area contributed by atoms with Gasteiger partial charge in [-0.25, -0.2) is 14.0 Å². The number of nitrogens with zero attached hydrogens (tertiary/aromatic N) is 2. The standard InChI is InChI=1S/C20H27F3N4OS.C3H6/c1-3-5-14(4-2)17-18(20(21,22)23)25-19(24-17)15-6-8-16(9-7-15)26-29-27-10-12-28-13-11-27;1-3-2/h3-5,15-16,26H,1-2,6-13H2,(H,24,25);3H,1H2,2H3/b14-5+;. The van der Waals surface area contributed by atoms with Crippen molar-refractivity contribution in [3.05, 3.63) is 61.3 Å². The number of nitrogens with one attached hydrogen (secondary N) is 2. The van der Waals surface area contributed by atoms with Crippen LogP contribution in [0.25, 0.3) is 5.57 Å². The Morgan fingerprint density at radius 1 is 1.19 bits per heavy atom. The third kappa shape index (κ3) is 7.65. The maximum Gasteiger partial charge on any atom is 0.433 e. The number of halogens is 3. The summed E-state index contributed by atoms with van der Waals surface area (Å²) < 4.78 is 51.6. The molecule has 3 rings (SSSR count). The summed E-state index contributed by atoms with van der Waals surface area (Å²) in [6.45, 7) is 15.7. The van der Waals surface area contributed by atoms with Gasteiger partial charge >= 0.3 is 6.18 Å². The highest BCUT2D eigenvalue weighted by Crippen LogP contribution is 2.38. The van der Waals surface area contributed by atoms with Crippen LogP contribution in [0.3, 0.4) is 0 Å². The van der Waals surface area contributed by atoms with Crippen LogP contribution in [0.15, 0.2) is 44.0 Å². The highest BCUT2D eigenvalue weighted by molar-refractivity contribution is 7.95. The Labute approximate surface area is 193 Å². The van der Waals surface area contributed by atoms with Gasteiger partial charge in [0.05, 0.1) is 13.2 Å². The molecule has 0 bridgehead atoms. The van der Waals surface area contributed by atoms with E-state index in [1.54, 1.807) is 18.2 Å². The first-order valence-electron chi connectivity index (χ1n) is 10.8. The predicted octanol–water partition coefficient (Wildman–Crippen LogP) is 5.89. The lowest BCUT2D eigenvalue weighted by atomic mass is 9.86. The van der Waals surface area contributed by atoms with Crippen LogP contribution < -0.4 is 4.72 Å². The zero-order chi connectivity index (χ0) is 23.6. The minimum Gasteiger partial charge on any atom is -0.379 e. The van der Waals surface area contributed by atoms with Gasteiger partial charge in [-0.1, -0.05) is 37.5 Å². The molecular formula is C23H33F3N4OS. The molecule has 5 nitrogen and oxygen atoms in total. The number of aromatic nitrogens is 2. The fraction of sp³-hybridized carbons (Fsp3) is 0.522. The number of H-pyrrole nitrogens is 1. The predicted molar refractivity (Wildman–Crippen MR) is 126 cm³/mol. The van der Waals surface area contributed by atoms with Crippen molar-refractivity contribution in [2.24, 2.45) is 0 Å². The molecule has 9 heteroatoms. The summed E-state index contributed by atoms with van der Waals surface area (Å²) in [6, 6.07) is 0.347. The second-order valence-corrected chi connectivity index (χ2v) is 8.55. The zero-order valence-electron chi connectivity index (χ0n) is 18.6. The van der Waals surface area contributed by atoms with Crippen molar-refractivity contribution in [2.75, 3.05) is 26.3 Å². The van der Waals surface area contributed by atoms with E-state index in [1.165, 1.54) is 18.2 Å². The summed E-state index contributed by atoms with van der Waals surface area (Å²) in [4.78, 5) is 6.88. The third-order valence-electron chi connectivity index (χ3n) is 5.23. The second-order valence-electron chi connectivity index (χ2n) is 7.61. The largest absolute Gasteiger partial charge is 0.433 e. The lowest BCUT2D eigenvalue weighted by molar-refractivity contribution is -0.141. The van der Waals surface area contributed by atoms with Gasteiger partial charge in [-0.05, 0) is 32.6 Å². The number of morpholine rings is 1. The lowest BCUT2D eigenvalue weighted by Gasteiger charge is -2.31. The molecule has 0 atom stereocenters. The van der Waals surface area contributed by atoms with E-state index in [2.05, 4.69) is 38.7 Å². The number of aromatic amines is 1. The van der Waals surface area contributed by atoms with Crippen LogP contribution in [0.4, 0.5) is 13.2 Å². The molecule has 2 N–H and O–H groups in total. The number of ether oxygens (including phenoxy) is 1. The smallest absolute Gasteiger partial charge is 0.379 e. The molecular weight excluding hydrogens is 437 g/mol. The number of allylic oxidation sites excluding steroid dienone is 5. The Morgan fingerprint density at radius 2 is 1.81 bits per heavy atom. The first-order chi connectivity index (χ1) is 15.3. The SMILES string of the molecule is C=C/C=C(\C=C)c1nc(C2CCC(NSN3CCOCC3)CC2)[nH]c1C(F)(F)F.C=CC. The maximum absolute atomic E-state index is 13.5. The summed E-state index contributed by atoms with van der Waals surface area (Å²) in [5.74, 6) is 0.398. The molecule has 1 aliphatic heterocycles. The van der Waals surface area contributed by atoms with Crippen LogP contribution >= 0.6 is 12.1 Å². The molecule has 0 aromatic carbocycles. The second kappa shape index (κ2) is 13.0. The van der Waals surface area contributed by atoms with E-state index < -0.39 is 11.9 Å². The average molecular weight is 471 g/mol. The normalized spacial score (nSPS) is 22.6. The van der Waals surface area contributed by atoms with Gasteiger partial charge in [0.15, 0.2) is 0 Å². The number of hydrogen-bond acceptors (Lipinski definition) is 5. The molecule has 1 aromatic rings. The van der Waals surface area contributed by atoms with Crippen LogP contribution in [0, 0.1) is 0 Å². The summed E-state index contributed by atoms with van der Waals surface area (Å²) in [5.41, 5.74) is -0.610. The van der Waals surface area contributed by atoms with Gasteiger partial charge in [0.25, 0.3) is 0 Å². The highest BCUT2D eigenvalue weighted by Gasteiger charge is 2.38. The molecule has 1 aliphatic carbocycles. The van der Waals surface area contributed by atoms with Gasteiger partial charge in [0.1, 0.15) is 17.2 Å². The average Bonchev–Trinajstić information content (AvgIpc) is 3.23. The summed E-state index contributed by atoms with van der Waals surface area (Å²) in [5, 5.41) is 0. The summed E-state index contributed by atoms with van der Waals surface area (Å²) >= 11 is 1.63. The summed E-state index contributed by atoms with van der Waals surface area (Å²) in [7, 11) is 0. The Kier molecular flexibility index (Phi) is 10.8. The van der Waals surface area contributed by atoms with E-state index in [0.717, 1.165) is 52.0 Å². The molecule has 2 fully saturated rings. The van der Waals surface area contributed by atoms with Crippen LogP contribution in [0.5, 0.6) is 0 Å². The molecule has 1 saturated carbocycles. The van der Waals surface area contributed by atoms with Gasteiger partial charge in [0, 0.05) is 42.8 Å². The van der Waals surface area contributed by atoms with Gasteiger partial charge in [-0.2, -0.15) is 13.2 Å². The molecule has 0 radical (unpaired) electrons. The topological polar surface area (TPSA) is 53.2 Å². The van der Waals surface area contributed by atoms with Gasteiger partial charge < -0.3 is 9.72 Å². The van der Waals surface area contributed by atoms with Crippen LogP contribution in [-0.4, -0.2) is 46.6 Å². The van der Waals surface area contributed by atoms with E-state index in [9.17, 15) is 13.2 Å². The van der Waals surface area contributed by atoms with Crippen LogP contribution in [0.2, 0.25) is 0 Å². The first-order valence-corrected chi connectivity index (χ1v) is 11.6. The molecule has 0 unspecified atom stereocenters. The molecule has 178 valence electrons. The van der Waals surface area contributed by atoms with Gasteiger partial charge in [0.2, 0.25) is 0 Å². The Bertz CT molecular complexity index is 777. The van der Waals surface area contributed by atoms with E-state index in [-0.39, 0.29) is 11.6 Å². The van der Waals surface area contributed by atoms with Crippen molar-refractivity contribution < 1.29 is 17.9 Å². The lowest BCUT2D eigenvalue weighted by Crippen LogP contribution is -2.37. The van der Waals surface area contributed by atoms with Crippen molar-refractivity contribution in [1.29, 1.82) is 0 Å². The Balaban J connectivity index is 0.00000114. The Morgan fingerprint density at radius 3 is 2.34 bits per heavy atom. The molecule has 2 heterocycles. The van der Waals surface area contributed by atoms with Crippen molar-refractivity contribution in [3.63, 3.8) is 0 Å².